The minimum absolute atomic E-state index is 0.0915. The summed E-state index contributed by atoms with van der Waals surface area (Å²) < 4.78 is 5.64. The van der Waals surface area contributed by atoms with Crippen LogP contribution < -0.4 is 5.32 Å². The van der Waals surface area contributed by atoms with Gasteiger partial charge in [-0.3, -0.25) is 9.59 Å². The number of hydrogen-bond donors (Lipinski definition) is 1. The van der Waals surface area contributed by atoms with Gasteiger partial charge in [0.15, 0.2) is 0 Å². The molecule has 0 unspecified atom stereocenters. The first-order valence-electron chi connectivity index (χ1n) is 7.37. The third kappa shape index (κ3) is 5.03. The highest BCUT2D eigenvalue weighted by Crippen LogP contribution is 2.21. The Hall–Kier alpha value is -1.53. The molecule has 6 heteroatoms. The summed E-state index contributed by atoms with van der Waals surface area (Å²) in [6.45, 7) is 6.77. The number of nitrogens with one attached hydrogen (secondary N) is 1. The summed E-state index contributed by atoms with van der Waals surface area (Å²) >= 11 is 1.51. The number of hydrogen-bond acceptors (Lipinski definition) is 4. The highest BCUT2D eigenvalue weighted by molar-refractivity contribution is 8.00. The number of morpholine rings is 1. The molecule has 5 nitrogen and oxygen atoms in total. The lowest BCUT2D eigenvalue weighted by molar-refractivity contribution is -0.140. The highest BCUT2D eigenvalue weighted by atomic mass is 32.2. The van der Waals surface area contributed by atoms with Gasteiger partial charge in [-0.15, -0.1) is 11.8 Å². The molecule has 0 aliphatic carbocycles. The largest absolute Gasteiger partial charge is 0.372 e. The van der Waals surface area contributed by atoms with Gasteiger partial charge in [0.25, 0.3) is 0 Å². The summed E-state index contributed by atoms with van der Waals surface area (Å²) in [7, 11) is 0. The summed E-state index contributed by atoms with van der Waals surface area (Å²) in [4.78, 5) is 26.1. The van der Waals surface area contributed by atoms with Crippen molar-refractivity contribution in [2.24, 2.45) is 0 Å². The Morgan fingerprint density at radius 2 is 1.82 bits per heavy atom. The van der Waals surface area contributed by atoms with Crippen LogP contribution in [0.4, 0.5) is 5.69 Å². The smallest absolute Gasteiger partial charge is 0.233 e. The fraction of sp³-hybridized carbons (Fsp3) is 0.500. The molecule has 1 N–H and O–H groups in total. The topological polar surface area (TPSA) is 58.6 Å². The minimum Gasteiger partial charge on any atom is -0.372 e. The van der Waals surface area contributed by atoms with Crippen LogP contribution in [0.15, 0.2) is 29.2 Å². The van der Waals surface area contributed by atoms with Crippen LogP contribution in [0.3, 0.4) is 0 Å². The number of rotatable bonds is 4. The Kier molecular flexibility index (Phi) is 5.85. The van der Waals surface area contributed by atoms with Gasteiger partial charge in [0.05, 0.1) is 18.0 Å². The van der Waals surface area contributed by atoms with Gasteiger partial charge in [-0.1, -0.05) is 0 Å². The van der Waals surface area contributed by atoms with E-state index in [0.29, 0.717) is 18.8 Å². The molecule has 1 heterocycles. The maximum atomic E-state index is 12.3. The van der Waals surface area contributed by atoms with Crippen molar-refractivity contribution in [1.82, 2.24) is 4.90 Å². The van der Waals surface area contributed by atoms with E-state index in [-0.39, 0.29) is 24.0 Å². The van der Waals surface area contributed by atoms with Crippen molar-refractivity contribution >= 4 is 29.3 Å². The molecule has 120 valence electrons. The Morgan fingerprint density at radius 1 is 1.23 bits per heavy atom. The van der Waals surface area contributed by atoms with E-state index < -0.39 is 0 Å². The van der Waals surface area contributed by atoms with Crippen molar-refractivity contribution in [3.8, 4) is 0 Å². The first-order valence-corrected chi connectivity index (χ1v) is 8.36. The molecular formula is C16H22N2O3S. The van der Waals surface area contributed by atoms with Crippen LogP contribution in [0.5, 0.6) is 0 Å². The molecule has 1 aromatic carbocycles. The molecule has 1 aliphatic rings. The summed E-state index contributed by atoms with van der Waals surface area (Å²) in [6, 6.07) is 7.50. The summed E-state index contributed by atoms with van der Waals surface area (Å²) in [6.07, 6.45) is 0.185. The van der Waals surface area contributed by atoms with Crippen molar-refractivity contribution in [3.63, 3.8) is 0 Å². The second kappa shape index (κ2) is 7.65. The molecule has 0 bridgehead atoms. The van der Waals surface area contributed by atoms with Gasteiger partial charge in [-0.05, 0) is 38.1 Å². The van der Waals surface area contributed by atoms with Gasteiger partial charge in [-0.2, -0.15) is 0 Å². The zero-order valence-electron chi connectivity index (χ0n) is 13.2. The fourth-order valence-electron chi connectivity index (χ4n) is 2.46. The number of carbonyl (C=O) groups excluding carboxylic acids is 2. The van der Waals surface area contributed by atoms with Crippen LogP contribution in [0.1, 0.15) is 20.8 Å². The maximum absolute atomic E-state index is 12.3. The molecule has 22 heavy (non-hydrogen) atoms. The summed E-state index contributed by atoms with van der Waals surface area (Å²) in [5, 5.41) is 2.72. The molecule has 0 saturated carbocycles. The monoisotopic (exact) mass is 322 g/mol. The van der Waals surface area contributed by atoms with E-state index in [4.69, 9.17) is 4.74 Å². The predicted molar refractivity (Wildman–Crippen MR) is 88.1 cm³/mol. The number of benzene rings is 1. The number of anilines is 1. The molecule has 0 spiro atoms. The maximum Gasteiger partial charge on any atom is 0.233 e. The predicted octanol–water partition coefficient (Wildman–Crippen LogP) is 2.37. The first-order chi connectivity index (χ1) is 10.4. The zero-order chi connectivity index (χ0) is 16.1. The average molecular weight is 322 g/mol. The molecule has 0 aromatic heterocycles. The van der Waals surface area contributed by atoms with Crippen LogP contribution in [0.25, 0.3) is 0 Å². The average Bonchev–Trinajstić information content (AvgIpc) is 2.44. The number of amides is 2. The van der Waals surface area contributed by atoms with E-state index >= 15 is 0 Å². The Bertz CT molecular complexity index is 523. The van der Waals surface area contributed by atoms with Crippen LogP contribution in [0, 0.1) is 0 Å². The Morgan fingerprint density at radius 3 is 2.36 bits per heavy atom. The lowest BCUT2D eigenvalue weighted by atomic mass is 10.2. The fourth-order valence-corrected chi connectivity index (χ4v) is 3.26. The lowest BCUT2D eigenvalue weighted by Crippen LogP contribution is -2.48. The Balaban J connectivity index is 1.84. The molecular weight excluding hydrogens is 300 g/mol. The normalized spacial score (nSPS) is 21.5. The number of carbonyl (C=O) groups is 2. The van der Waals surface area contributed by atoms with Crippen molar-refractivity contribution in [3.05, 3.63) is 24.3 Å². The van der Waals surface area contributed by atoms with Crippen LogP contribution in [0.2, 0.25) is 0 Å². The molecule has 1 aliphatic heterocycles. The number of thioether (sulfide) groups is 1. The SMILES string of the molecule is CC(=O)Nc1ccc(SCC(=O)N2C[C@@H](C)O[C@H](C)C2)cc1. The minimum atomic E-state index is -0.0915. The second-order valence-electron chi connectivity index (χ2n) is 5.55. The van der Waals surface area contributed by atoms with E-state index in [1.54, 1.807) is 0 Å². The molecule has 1 saturated heterocycles. The van der Waals surface area contributed by atoms with Crippen LogP contribution in [-0.2, 0) is 14.3 Å². The van der Waals surface area contributed by atoms with Crippen molar-refractivity contribution in [1.29, 1.82) is 0 Å². The quantitative estimate of drug-likeness (QED) is 0.865. The van der Waals surface area contributed by atoms with Gasteiger partial charge in [-0.25, -0.2) is 0 Å². The lowest BCUT2D eigenvalue weighted by Gasteiger charge is -2.35. The van der Waals surface area contributed by atoms with Gasteiger partial charge in [0.1, 0.15) is 0 Å². The molecule has 2 rings (SSSR count). The van der Waals surface area contributed by atoms with E-state index in [1.807, 2.05) is 43.0 Å². The summed E-state index contributed by atoms with van der Waals surface area (Å²) in [5.41, 5.74) is 0.763. The van der Waals surface area contributed by atoms with Crippen molar-refractivity contribution < 1.29 is 14.3 Å². The molecule has 1 fully saturated rings. The molecule has 0 radical (unpaired) electrons. The Labute approximate surface area is 135 Å². The van der Waals surface area contributed by atoms with E-state index in [0.717, 1.165) is 10.6 Å². The zero-order valence-corrected chi connectivity index (χ0v) is 14.0. The van der Waals surface area contributed by atoms with E-state index in [9.17, 15) is 9.59 Å². The van der Waals surface area contributed by atoms with Crippen molar-refractivity contribution in [2.45, 2.75) is 37.9 Å². The molecule has 2 amide bonds. The van der Waals surface area contributed by atoms with Gasteiger partial charge in [0.2, 0.25) is 11.8 Å². The third-order valence-corrected chi connectivity index (χ3v) is 4.31. The molecule has 2 atom stereocenters. The summed E-state index contributed by atoms with van der Waals surface area (Å²) in [5.74, 6) is 0.461. The van der Waals surface area contributed by atoms with E-state index in [2.05, 4.69) is 5.32 Å². The molecule has 1 aromatic rings. The third-order valence-electron chi connectivity index (χ3n) is 3.31. The van der Waals surface area contributed by atoms with Gasteiger partial charge < -0.3 is 15.0 Å². The highest BCUT2D eigenvalue weighted by Gasteiger charge is 2.25. The van der Waals surface area contributed by atoms with Crippen LogP contribution >= 0.6 is 11.8 Å². The number of ether oxygens (including phenoxy) is 1. The second-order valence-corrected chi connectivity index (χ2v) is 6.60. The van der Waals surface area contributed by atoms with E-state index in [1.165, 1.54) is 18.7 Å². The number of nitrogens with zero attached hydrogens (tertiary/aromatic N) is 1. The standard InChI is InChI=1S/C16H22N2O3S/c1-11-8-18(9-12(2)21-11)16(20)10-22-15-6-4-14(5-7-15)17-13(3)19/h4-7,11-12H,8-10H2,1-3H3,(H,17,19)/t11-,12-/m1/s1. The van der Waals surface area contributed by atoms with Crippen LogP contribution in [-0.4, -0.2) is 47.8 Å². The van der Waals surface area contributed by atoms with Crippen molar-refractivity contribution in [2.75, 3.05) is 24.2 Å². The first kappa shape index (κ1) is 16.8. The van der Waals surface area contributed by atoms with Gasteiger partial charge in [0, 0.05) is 30.6 Å². The van der Waals surface area contributed by atoms with Gasteiger partial charge >= 0.3 is 0 Å².